The average molecular weight is 663 g/mol. The minimum Gasteiger partial charge on any atom is -0.506 e. The van der Waals surface area contributed by atoms with Crippen LogP contribution in [0.3, 0.4) is 0 Å². The lowest BCUT2D eigenvalue weighted by atomic mass is 10.1. The number of aliphatic imine (C=N–C) groups is 1. The van der Waals surface area contributed by atoms with Gasteiger partial charge in [-0.25, -0.2) is 9.79 Å². The summed E-state index contributed by atoms with van der Waals surface area (Å²) in [6.07, 6.45) is 3.83. The molecule has 0 amide bonds. The molecule has 0 fully saturated rings. The molecule has 0 saturated carbocycles. The van der Waals surface area contributed by atoms with E-state index in [2.05, 4.69) is 25.5 Å². The molecule has 198 valence electrons. The number of hydrogen-bond donors (Lipinski definition) is 1. The van der Waals surface area contributed by atoms with Crippen LogP contribution in [0.5, 0.6) is 0 Å². The quantitative estimate of drug-likeness (QED) is 0.209. The molecule has 0 bridgehead atoms. The van der Waals surface area contributed by atoms with Crippen molar-refractivity contribution in [2.75, 3.05) is 6.61 Å². The summed E-state index contributed by atoms with van der Waals surface area (Å²) in [5.41, 5.74) is 3.36. The van der Waals surface area contributed by atoms with Crippen LogP contribution in [0.25, 0.3) is 17.0 Å². The summed E-state index contributed by atoms with van der Waals surface area (Å²) < 4.78 is 8.22. The van der Waals surface area contributed by atoms with Gasteiger partial charge in [-0.3, -0.25) is 0 Å². The zero-order valence-electron chi connectivity index (χ0n) is 20.4. The van der Waals surface area contributed by atoms with E-state index >= 15 is 0 Å². The van der Waals surface area contributed by atoms with E-state index in [4.69, 9.17) is 39.5 Å². The van der Waals surface area contributed by atoms with Gasteiger partial charge in [-0.1, -0.05) is 68.6 Å². The van der Waals surface area contributed by atoms with E-state index in [-0.39, 0.29) is 17.9 Å². The van der Waals surface area contributed by atoms with Crippen LogP contribution in [-0.4, -0.2) is 27.3 Å². The molecule has 4 aromatic rings. The largest absolute Gasteiger partial charge is 0.506 e. The van der Waals surface area contributed by atoms with Crippen LogP contribution in [0.4, 0.5) is 5.69 Å². The fourth-order valence-corrected chi connectivity index (χ4v) is 6.12. The van der Waals surface area contributed by atoms with Gasteiger partial charge in [0.05, 0.1) is 17.2 Å². The minimum absolute atomic E-state index is 0.0286. The number of fused-ring (bicyclic) bond motifs is 1. The van der Waals surface area contributed by atoms with Crippen LogP contribution in [0.1, 0.15) is 18.1 Å². The fourth-order valence-electron chi connectivity index (χ4n) is 4.14. The van der Waals surface area contributed by atoms with E-state index in [9.17, 15) is 9.90 Å². The standard InChI is InChI=1S/C29H20BrCl3N2O3S/c1-2-38-29(37)26-27(36)25(39-28(26)34-21-8-6-19(31)7-9-21)11-17-15-35(24-10-4-18(30)12-22(17)24)14-16-3-5-20(32)13-23(16)33/h3-13,15,36H,2,14H2,1H3/b25-11-,34-28?. The SMILES string of the molecule is CCOC(=O)C1=C(O)/C(=C/c2cn(Cc3ccc(Cl)cc3Cl)c3ccc(Br)cc23)SC1=Nc1ccc(Cl)cc1. The van der Waals surface area contributed by atoms with Crippen molar-refractivity contribution in [3.05, 3.63) is 114 Å². The number of aromatic nitrogens is 1. The number of carbonyl (C=O) groups is 1. The molecule has 0 spiro atoms. The highest BCUT2D eigenvalue weighted by Crippen LogP contribution is 2.41. The van der Waals surface area contributed by atoms with Crippen molar-refractivity contribution in [1.82, 2.24) is 4.57 Å². The number of hydrogen-bond acceptors (Lipinski definition) is 5. The first-order valence-electron chi connectivity index (χ1n) is 11.8. The second-order valence-electron chi connectivity index (χ2n) is 8.56. The van der Waals surface area contributed by atoms with Crippen LogP contribution in [0.15, 0.2) is 92.6 Å². The second kappa shape index (κ2) is 11.8. The number of benzene rings is 3. The molecule has 0 atom stereocenters. The van der Waals surface area contributed by atoms with Gasteiger partial charge in [0.25, 0.3) is 0 Å². The Labute approximate surface area is 252 Å². The van der Waals surface area contributed by atoms with Crippen LogP contribution in [0, 0.1) is 0 Å². The summed E-state index contributed by atoms with van der Waals surface area (Å²) >= 11 is 23.3. The second-order valence-corrected chi connectivity index (χ2v) is 11.8. The molecule has 39 heavy (non-hydrogen) atoms. The number of rotatable bonds is 6. The number of thioether (sulfide) groups is 1. The molecule has 5 rings (SSSR count). The van der Waals surface area contributed by atoms with Crippen LogP contribution in [0.2, 0.25) is 15.1 Å². The van der Waals surface area contributed by atoms with Gasteiger partial charge in [0.2, 0.25) is 0 Å². The Kier molecular flexibility index (Phi) is 8.45. The molecule has 0 unspecified atom stereocenters. The lowest BCUT2D eigenvalue weighted by Gasteiger charge is -2.08. The van der Waals surface area contributed by atoms with Gasteiger partial charge in [0.1, 0.15) is 16.4 Å². The smallest absolute Gasteiger partial charge is 0.344 e. The molecular formula is C29H20BrCl3N2O3S. The van der Waals surface area contributed by atoms with Crippen molar-refractivity contribution in [3.8, 4) is 0 Å². The maximum atomic E-state index is 12.8. The molecule has 10 heteroatoms. The molecular weight excluding hydrogens is 643 g/mol. The molecule has 0 saturated heterocycles. The highest BCUT2D eigenvalue weighted by Gasteiger charge is 2.33. The Bertz CT molecular complexity index is 1690. The van der Waals surface area contributed by atoms with Crippen molar-refractivity contribution >= 4 is 96.2 Å². The van der Waals surface area contributed by atoms with Gasteiger partial charge >= 0.3 is 5.97 Å². The first-order chi connectivity index (χ1) is 18.7. The third-order valence-electron chi connectivity index (χ3n) is 5.94. The summed E-state index contributed by atoms with van der Waals surface area (Å²) in [5, 5.41) is 14.2. The zero-order valence-corrected chi connectivity index (χ0v) is 25.1. The topological polar surface area (TPSA) is 63.8 Å². The first kappa shape index (κ1) is 27.9. The Morgan fingerprint density at radius 3 is 2.54 bits per heavy atom. The summed E-state index contributed by atoms with van der Waals surface area (Å²) in [5.74, 6) is -0.816. The average Bonchev–Trinajstić information content (AvgIpc) is 3.38. The summed E-state index contributed by atoms with van der Waals surface area (Å²) in [7, 11) is 0. The van der Waals surface area contributed by atoms with Crippen molar-refractivity contribution in [2.45, 2.75) is 13.5 Å². The van der Waals surface area contributed by atoms with Gasteiger partial charge in [0.15, 0.2) is 0 Å². The molecule has 0 radical (unpaired) electrons. The summed E-state index contributed by atoms with van der Waals surface area (Å²) in [6, 6.07) is 18.3. The summed E-state index contributed by atoms with van der Waals surface area (Å²) in [6.45, 7) is 2.40. The van der Waals surface area contributed by atoms with E-state index in [1.165, 1.54) is 11.8 Å². The van der Waals surface area contributed by atoms with E-state index in [0.717, 1.165) is 26.5 Å². The third-order valence-corrected chi connectivity index (χ3v) is 8.30. The third kappa shape index (κ3) is 6.08. The maximum absolute atomic E-state index is 12.8. The van der Waals surface area contributed by atoms with E-state index in [1.54, 1.807) is 37.3 Å². The highest BCUT2D eigenvalue weighted by atomic mass is 79.9. The van der Waals surface area contributed by atoms with Crippen molar-refractivity contribution in [2.24, 2.45) is 4.99 Å². The monoisotopic (exact) mass is 660 g/mol. The molecule has 2 heterocycles. The molecule has 0 aliphatic carbocycles. The Hall–Kier alpha value is -2.68. The van der Waals surface area contributed by atoms with Crippen molar-refractivity contribution in [3.63, 3.8) is 0 Å². The lowest BCUT2D eigenvalue weighted by Crippen LogP contribution is -2.12. The van der Waals surface area contributed by atoms with Crippen molar-refractivity contribution in [1.29, 1.82) is 0 Å². The fraction of sp³-hybridized carbons (Fsp3) is 0.103. The van der Waals surface area contributed by atoms with Gasteiger partial charge < -0.3 is 14.4 Å². The predicted molar refractivity (Wildman–Crippen MR) is 166 cm³/mol. The van der Waals surface area contributed by atoms with Crippen LogP contribution >= 0.6 is 62.5 Å². The van der Waals surface area contributed by atoms with Gasteiger partial charge in [-0.05, 0) is 73.2 Å². The zero-order chi connectivity index (χ0) is 27.7. The summed E-state index contributed by atoms with van der Waals surface area (Å²) in [4.78, 5) is 17.9. The molecule has 1 N–H and O–H groups in total. The lowest BCUT2D eigenvalue weighted by molar-refractivity contribution is -0.138. The van der Waals surface area contributed by atoms with E-state index in [1.807, 2.05) is 42.6 Å². The Morgan fingerprint density at radius 1 is 1.08 bits per heavy atom. The van der Waals surface area contributed by atoms with E-state index in [0.29, 0.717) is 37.2 Å². The number of ether oxygens (including phenoxy) is 1. The first-order valence-corrected chi connectivity index (χ1v) is 14.5. The van der Waals surface area contributed by atoms with Crippen LogP contribution < -0.4 is 0 Å². The van der Waals surface area contributed by atoms with Crippen molar-refractivity contribution < 1.29 is 14.6 Å². The number of nitrogens with zero attached hydrogens (tertiary/aromatic N) is 2. The Balaban J connectivity index is 1.59. The number of esters is 1. The van der Waals surface area contributed by atoms with Gasteiger partial charge in [-0.15, -0.1) is 0 Å². The minimum atomic E-state index is -0.638. The van der Waals surface area contributed by atoms with Crippen LogP contribution in [-0.2, 0) is 16.1 Å². The molecule has 5 nitrogen and oxygen atoms in total. The molecule has 1 aliphatic heterocycles. The normalized spacial score (nSPS) is 15.6. The number of aliphatic hydroxyl groups excluding tert-OH is 1. The highest BCUT2D eigenvalue weighted by molar-refractivity contribution is 9.10. The van der Waals surface area contributed by atoms with E-state index < -0.39 is 5.97 Å². The van der Waals surface area contributed by atoms with Gasteiger partial charge in [-0.2, -0.15) is 0 Å². The maximum Gasteiger partial charge on any atom is 0.344 e. The number of halogens is 4. The van der Waals surface area contributed by atoms with Gasteiger partial charge in [0, 0.05) is 48.7 Å². The Morgan fingerprint density at radius 2 is 1.82 bits per heavy atom. The molecule has 3 aromatic carbocycles. The molecule has 1 aromatic heterocycles. The number of carbonyl (C=O) groups excluding carboxylic acids is 1. The predicted octanol–water partition coefficient (Wildman–Crippen LogP) is 9.61. The molecule has 1 aliphatic rings. The number of aliphatic hydroxyl groups is 1.